The number of aromatic nitrogens is 7. The number of benzene rings is 1. The number of hydrogen-bond donors (Lipinski definition) is 2. The molecule has 9 nitrogen and oxygen atoms in total. The maximum Gasteiger partial charge on any atom is 0.282 e. The molecule has 0 aliphatic rings. The van der Waals surface area contributed by atoms with Gasteiger partial charge in [-0.15, -0.1) is 0 Å². The summed E-state index contributed by atoms with van der Waals surface area (Å²) in [6, 6.07) is 5.59. The van der Waals surface area contributed by atoms with E-state index < -0.39 is 23.2 Å². The van der Waals surface area contributed by atoms with Gasteiger partial charge in [0.15, 0.2) is 17.3 Å². The van der Waals surface area contributed by atoms with Gasteiger partial charge in [0.25, 0.3) is 5.56 Å². The van der Waals surface area contributed by atoms with E-state index in [9.17, 15) is 13.6 Å². The zero-order valence-electron chi connectivity index (χ0n) is 15.5. The highest BCUT2D eigenvalue weighted by Gasteiger charge is 2.20. The number of fused-ring (bicyclic) bond motifs is 2. The molecule has 0 saturated heterocycles. The van der Waals surface area contributed by atoms with E-state index in [0.29, 0.717) is 17.0 Å². The van der Waals surface area contributed by atoms with Crippen LogP contribution in [0.5, 0.6) is 0 Å². The average Bonchev–Trinajstić information content (AvgIpc) is 3.36. The third-order valence-corrected chi connectivity index (χ3v) is 4.66. The van der Waals surface area contributed by atoms with Gasteiger partial charge in [-0.3, -0.25) is 9.36 Å². The van der Waals surface area contributed by atoms with Crippen molar-refractivity contribution < 1.29 is 8.78 Å². The Bertz CT molecular complexity index is 1430. The second-order valence-corrected chi connectivity index (χ2v) is 6.65. The number of halogens is 2. The van der Waals surface area contributed by atoms with Gasteiger partial charge in [-0.2, -0.15) is 5.10 Å². The minimum Gasteiger partial charge on any atom is -0.358 e. The molecule has 0 unspecified atom stereocenters. The van der Waals surface area contributed by atoms with Crippen molar-refractivity contribution in [3.8, 4) is 5.69 Å². The number of imidazole rings is 1. The summed E-state index contributed by atoms with van der Waals surface area (Å²) in [6.45, 7) is 1.76. The van der Waals surface area contributed by atoms with E-state index in [2.05, 4.69) is 30.4 Å². The van der Waals surface area contributed by atoms with E-state index in [1.54, 1.807) is 25.3 Å². The summed E-state index contributed by atoms with van der Waals surface area (Å²) < 4.78 is 30.4. The Balaban J connectivity index is 1.69. The molecule has 0 saturated carbocycles. The summed E-state index contributed by atoms with van der Waals surface area (Å²) in [7, 11) is 0. The fourth-order valence-corrected chi connectivity index (χ4v) is 3.34. The monoisotopic (exact) mass is 408 g/mol. The van der Waals surface area contributed by atoms with Gasteiger partial charge in [0.2, 0.25) is 0 Å². The van der Waals surface area contributed by atoms with Crippen LogP contribution in [0.2, 0.25) is 0 Å². The minimum absolute atomic E-state index is 0.0340. The van der Waals surface area contributed by atoms with Gasteiger partial charge in [-0.1, -0.05) is 0 Å². The molecule has 0 spiro atoms. The highest BCUT2D eigenvalue weighted by molar-refractivity contribution is 5.82. The van der Waals surface area contributed by atoms with Crippen molar-refractivity contribution in [2.24, 2.45) is 0 Å². The van der Waals surface area contributed by atoms with E-state index in [-0.39, 0.29) is 17.0 Å². The Morgan fingerprint density at radius 1 is 1.13 bits per heavy atom. The van der Waals surface area contributed by atoms with Gasteiger partial charge in [0.1, 0.15) is 29.0 Å². The predicted octanol–water partition coefficient (Wildman–Crippen LogP) is 2.60. The lowest BCUT2D eigenvalue weighted by molar-refractivity contribution is 0.578. The molecule has 5 rings (SSSR count). The topological polar surface area (TPSA) is 106 Å². The van der Waals surface area contributed by atoms with Crippen LogP contribution in [0.1, 0.15) is 18.8 Å². The van der Waals surface area contributed by atoms with Crippen molar-refractivity contribution >= 4 is 22.5 Å². The van der Waals surface area contributed by atoms with Crippen molar-refractivity contribution in [1.29, 1.82) is 0 Å². The van der Waals surface area contributed by atoms with Crippen LogP contribution in [0, 0.1) is 11.6 Å². The molecule has 11 heteroatoms. The van der Waals surface area contributed by atoms with Crippen LogP contribution in [0.25, 0.3) is 22.4 Å². The van der Waals surface area contributed by atoms with Crippen molar-refractivity contribution in [3.05, 3.63) is 77.0 Å². The van der Waals surface area contributed by atoms with Gasteiger partial charge >= 0.3 is 0 Å². The average molecular weight is 408 g/mol. The maximum absolute atomic E-state index is 13.9. The Hall–Kier alpha value is -4.15. The van der Waals surface area contributed by atoms with E-state index in [4.69, 9.17) is 0 Å². The zero-order valence-corrected chi connectivity index (χ0v) is 15.5. The first-order valence-electron chi connectivity index (χ1n) is 8.98. The molecule has 4 heterocycles. The molecule has 1 aromatic carbocycles. The Kier molecular flexibility index (Phi) is 4.02. The lowest BCUT2D eigenvalue weighted by Gasteiger charge is -2.19. The van der Waals surface area contributed by atoms with Gasteiger partial charge < -0.3 is 10.3 Å². The van der Waals surface area contributed by atoms with Crippen molar-refractivity contribution in [1.82, 2.24) is 34.1 Å². The van der Waals surface area contributed by atoms with E-state index in [0.717, 1.165) is 18.2 Å². The smallest absolute Gasteiger partial charge is 0.282 e. The van der Waals surface area contributed by atoms with Crippen LogP contribution < -0.4 is 10.9 Å². The first-order valence-corrected chi connectivity index (χ1v) is 8.98. The number of rotatable bonds is 4. The molecular formula is C19H14F2N8O. The quantitative estimate of drug-likeness (QED) is 0.474. The van der Waals surface area contributed by atoms with E-state index in [1.807, 2.05) is 0 Å². The fourth-order valence-electron chi connectivity index (χ4n) is 3.34. The molecule has 0 aliphatic heterocycles. The molecule has 4 aromatic heterocycles. The normalized spacial score (nSPS) is 12.5. The van der Waals surface area contributed by atoms with Gasteiger partial charge in [0, 0.05) is 12.3 Å². The van der Waals surface area contributed by atoms with Gasteiger partial charge in [-0.05, 0) is 31.2 Å². The second kappa shape index (κ2) is 6.72. The Morgan fingerprint density at radius 2 is 1.93 bits per heavy atom. The molecular weight excluding hydrogens is 394 g/mol. The summed E-state index contributed by atoms with van der Waals surface area (Å²) in [5, 5.41) is 7.66. The summed E-state index contributed by atoms with van der Waals surface area (Å²) in [5.41, 5.74) is 0.897. The van der Waals surface area contributed by atoms with Crippen molar-refractivity contribution in [2.45, 2.75) is 13.0 Å². The molecule has 0 amide bonds. The van der Waals surface area contributed by atoms with Gasteiger partial charge in [-0.25, -0.2) is 28.2 Å². The van der Waals surface area contributed by atoms with Crippen molar-refractivity contribution in [2.75, 3.05) is 5.32 Å². The number of nitrogens with zero attached hydrogens (tertiary/aromatic N) is 6. The Labute approximate surface area is 167 Å². The van der Waals surface area contributed by atoms with Crippen LogP contribution in [0.15, 0.2) is 54.0 Å². The molecule has 2 N–H and O–H groups in total. The van der Waals surface area contributed by atoms with Crippen LogP contribution in [0.3, 0.4) is 0 Å². The Morgan fingerprint density at radius 3 is 2.73 bits per heavy atom. The predicted molar refractivity (Wildman–Crippen MR) is 104 cm³/mol. The SMILES string of the molecule is C[C@H](Nc1ncnc2nc[nH]c12)c1nn2cccc2c(=O)n1-c1cc(F)cc(F)c1. The number of hydrogen-bond acceptors (Lipinski definition) is 6. The number of nitrogens with one attached hydrogen (secondary N) is 2. The largest absolute Gasteiger partial charge is 0.358 e. The molecule has 0 fully saturated rings. The van der Waals surface area contributed by atoms with Crippen LogP contribution in [0.4, 0.5) is 14.6 Å². The van der Waals surface area contributed by atoms with Crippen LogP contribution in [-0.4, -0.2) is 34.1 Å². The molecule has 0 radical (unpaired) electrons. The number of anilines is 1. The molecule has 0 bridgehead atoms. The molecule has 1 atom stereocenters. The third kappa shape index (κ3) is 2.87. The highest BCUT2D eigenvalue weighted by atomic mass is 19.1. The first-order chi connectivity index (χ1) is 14.5. The highest BCUT2D eigenvalue weighted by Crippen LogP contribution is 2.23. The molecule has 5 aromatic rings. The zero-order chi connectivity index (χ0) is 20.8. The summed E-state index contributed by atoms with van der Waals surface area (Å²) in [6.07, 6.45) is 4.47. The van der Waals surface area contributed by atoms with E-state index in [1.165, 1.54) is 21.7 Å². The fraction of sp³-hybridized carbons (Fsp3) is 0.105. The molecule has 0 aliphatic carbocycles. The minimum atomic E-state index is -0.798. The molecule has 150 valence electrons. The standard InChI is InChI=1S/C19H14F2N8O/c1-10(26-17-15-16(23-8-22-15)24-9-25-17)18-27-28-4-2-3-14(28)19(30)29(18)13-6-11(20)5-12(21)7-13/h2-10H,1H3,(H2,22,23,24,25,26)/t10-/m0/s1. The second-order valence-electron chi connectivity index (χ2n) is 6.65. The maximum atomic E-state index is 13.9. The lowest BCUT2D eigenvalue weighted by atomic mass is 10.2. The van der Waals surface area contributed by atoms with Gasteiger partial charge in [0.05, 0.1) is 18.1 Å². The molecule has 30 heavy (non-hydrogen) atoms. The van der Waals surface area contributed by atoms with Crippen LogP contribution >= 0.6 is 0 Å². The number of H-pyrrole nitrogens is 1. The lowest BCUT2D eigenvalue weighted by Crippen LogP contribution is -2.29. The number of aromatic amines is 1. The van der Waals surface area contributed by atoms with Crippen molar-refractivity contribution in [3.63, 3.8) is 0 Å². The third-order valence-electron chi connectivity index (χ3n) is 4.66. The van der Waals surface area contributed by atoms with E-state index >= 15 is 0 Å². The summed E-state index contributed by atoms with van der Waals surface area (Å²) in [4.78, 5) is 28.5. The summed E-state index contributed by atoms with van der Waals surface area (Å²) in [5.74, 6) is -0.911. The summed E-state index contributed by atoms with van der Waals surface area (Å²) >= 11 is 0. The van der Waals surface area contributed by atoms with Crippen LogP contribution in [-0.2, 0) is 0 Å². The first kappa shape index (κ1) is 17.9.